The SMILES string of the molecule is CC1CCN(C(=Nc2nc(N3CCSCC3)c(C#N)cc2C#N)N(C)C)CC1. The van der Waals surface area contributed by atoms with Crippen LogP contribution in [0.15, 0.2) is 11.1 Å². The Morgan fingerprint density at radius 2 is 1.79 bits per heavy atom. The van der Waals surface area contributed by atoms with Crippen LogP contribution in [-0.4, -0.2) is 72.5 Å². The summed E-state index contributed by atoms with van der Waals surface area (Å²) in [6.45, 7) is 5.89. The number of aliphatic imine (C=N–C) groups is 1. The Labute approximate surface area is 171 Å². The maximum absolute atomic E-state index is 9.62. The molecule has 2 fully saturated rings. The van der Waals surface area contributed by atoms with Crippen molar-refractivity contribution in [1.82, 2.24) is 14.8 Å². The summed E-state index contributed by atoms with van der Waals surface area (Å²) in [5.74, 6) is 4.62. The summed E-state index contributed by atoms with van der Waals surface area (Å²) < 4.78 is 0. The number of aromatic nitrogens is 1. The Balaban J connectivity index is 2.01. The maximum Gasteiger partial charge on any atom is 0.202 e. The second kappa shape index (κ2) is 9.16. The monoisotopic (exact) mass is 397 g/mol. The van der Waals surface area contributed by atoms with Gasteiger partial charge in [-0.15, -0.1) is 0 Å². The van der Waals surface area contributed by atoms with E-state index in [4.69, 9.17) is 9.98 Å². The van der Waals surface area contributed by atoms with Crippen LogP contribution >= 0.6 is 11.8 Å². The minimum Gasteiger partial charge on any atom is -0.354 e. The van der Waals surface area contributed by atoms with E-state index in [0.29, 0.717) is 22.8 Å². The molecule has 148 valence electrons. The molecule has 7 nitrogen and oxygen atoms in total. The van der Waals surface area contributed by atoms with Crippen LogP contribution < -0.4 is 4.90 Å². The van der Waals surface area contributed by atoms with E-state index in [9.17, 15) is 10.5 Å². The predicted molar refractivity (Wildman–Crippen MR) is 114 cm³/mol. The van der Waals surface area contributed by atoms with E-state index in [0.717, 1.165) is 62.4 Å². The van der Waals surface area contributed by atoms with Crippen LogP contribution in [0.5, 0.6) is 0 Å². The highest BCUT2D eigenvalue weighted by Crippen LogP contribution is 2.28. The van der Waals surface area contributed by atoms with Gasteiger partial charge in [0.1, 0.15) is 18.0 Å². The number of anilines is 1. The Bertz CT molecular complexity index is 807. The lowest BCUT2D eigenvalue weighted by atomic mass is 9.99. The van der Waals surface area contributed by atoms with Crippen LogP contribution in [0.1, 0.15) is 30.9 Å². The van der Waals surface area contributed by atoms with Crippen molar-refractivity contribution in [3.8, 4) is 12.1 Å². The van der Waals surface area contributed by atoms with Crippen molar-refractivity contribution in [2.75, 3.05) is 56.7 Å². The minimum atomic E-state index is 0.344. The summed E-state index contributed by atoms with van der Waals surface area (Å²) in [4.78, 5) is 15.9. The van der Waals surface area contributed by atoms with Crippen molar-refractivity contribution < 1.29 is 0 Å². The Morgan fingerprint density at radius 3 is 2.36 bits per heavy atom. The molecule has 0 radical (unpaired) electrons. The van der Waals surface area contributed by atoms with Gasteiger partial charge in [-0.3, -0.25) is 0 Å². The lowest BCUT2D eigenvalue weighted by molar-refractivity contribution is 0.259. The molecule has 0 N–H and O–H groups in total. The van der Waals surface area contributed by atoms with E-state index in [1.54, 1.807) is 6.07 Å². The molecule has 0 aromatic carbocycles. The first kappa shape index (κ1) is 20.3. The van der Waals surface area contributed by atoms with Gasteiger partial charge >= 0.3 is 0 Å². The van der Waals surface area contributed by atoms with Gasteiger partial charge in [0, 0.05) is 51.8 Å². The number of pyridine rings is 1. The molecule has 8 heteroatoms. The first-order valence-corrected chi connectivity index (χ1v) is 10.9. The highest BCUT2D eigenvalue weighted by molar-refractivity contribution is 7.99. The van der Waals surface area contributed by atoms with Crippen LogP contribution in [0.25, 0.3) is 0 Å². The highest BCUT2D eigenvalue weighted by atomic mass is 32.2. The average Bonchev–Trinajstić information content (AvgIpc) is 2.72. The number of likely N-dealkylation sites (tertiary alicyclic amines) is 1. The van der Waals surface area contributed by atoms with Gasteiger partial charge in [0.25, 0.3) is 0 Å². The minimum absolute atomic E-state index is 0.344. The Morgan fingerprint density at radius 1 is 1.14 bits per heavy atom. The number of piperidine rings is 1. The van der Waals surface area contributed by atoms with Gasteiger partial charge in [-0.05, 0) is 24.8 Å². The van der Waals surface area contributed by atoms with Gasteiger partial charge in [-0.25, -0.2) is 4.98 Å². The van der Waals surface area contributed by atoms with Crippen molar-refractivity contribution in [1.29, 1.82) is 10.5 Å². The molecule has 2 aliphatic heterocycles. The summed E-state index contributed by atoms with van der Waals surface area (Å²) >= 11 is 1.91. The van der Waals surface area contributed by atoms with E-state index in [1.807, 2.05) is 30.8 Å². The molecule has 0 aliphatic carbocycles. The molecule has 0 atom stereocenters. The second-order valence-corrected chi connectivity index (χ2v) is 8.75. The summed E-state index contributed by atoms with van der Waals surface area (Å²) in [6.07, 6.45) is 2.27. The van der Waals surface area contributed by atoms with Crippen LogP contribution in [0.2, 0.25) is 0 Å². The molecular weight excluding hydrogens is 370 g/mol. The zero-order valence-electron chi connectivity index (χ0n) is 16.9. The lowest BCUT2D eigenvalue weighted by Crippen LogP contribution is -2.44. The molecular formula is C20H27N7S. The smallest absolute Gasteiger partial charge is 0.202 e. The fourth-order valence-electron chi connectivity index (χ4n) is 3.52. The first-order valence-electron chi connectivity index (χ1n) is 9.72. The third-order valence-corrected chi connectivity index (χ3v) is 6.15. The van der Waals surface area contributed by atoms with Crippen molar-refractivity contribution in [3.05, 3.63) is 17.2 Å². The quantitative estimate of drug-likeness (QED) is 0.560. The third-order valence-electron chi connectivity index (χ3n) is 5.21. The number of nitriles is 2. The van der Waals surface area contributed by atoms with Gasteiger partial charge in [-0.1, -0.05) is 6.92 Å². The molecule has 1 aromatic heterocycles. The molecule has 2 aliphatic rings. The number of nitrogens with zero attached hydrogens (tertiary/aromatic N) is 7. The summed E-state index contributed by atoms with van der Waals surface area (Å²) in [5.41, 5.74) is 0.789. The largest absolute Gasteiger partial charge is 0.354 e. The molecule has 1 aromatic rings. The molecule has 0 saturated carbocycles. The fraction of sp³-hybridized carbons (Fsp3) is 0.600. The van der Waals surface area contributed by atoms with E-state index in [1.165, 1.54) is 0 Å². The zero-order valence-corrected chi connectivity index (χ0v) is 17.7. The number of thioether (sulfide) groups is 1. The van der Waals surface area contributed by atoms with Crippen molar-refractivity contribution in [2.45, 2.75) is 19.8 Å². The molecule has 28 heavy (non-hydrogen) atoms. The topological polar surface area (TPSA) is 82.5 Å². The van der Waals surface area contributed by atoms with E-state index in [2.05, 4.69) is 28.9 Å². The zero-order chi connectivity index (χ0) is 20.1. The van der Waals surface area contributed by atoms with Gasteiger partial charge in [0.15, 0.2) is 5.82 Å². The summed E-state index contributed by atoms with van der Waals surface area (Å²) in [6, 6.07) is 6.02. The van der Waals surface area contributed by atoms with Crippen molar-refractivity contribution in [3.63, 3.8) is 0 Å². The molecule has 0 bridgehead atoms. The van der Waals surface area contributed by atoms with Gasteiger partial charge in [-0.2, -0.15) is 27.3 Å². The molecule has 0 amide bonds. The van der Waals surface area contributed by atoms with Crippen molar-refractivity contribution >= 4 is 29.4 Å². The normalized spacial score (nSPS) is 18.5. The molecule has 0 unspecified atom stereocenters. The molecule has 0 spiro atoms. The maximum atomic E-state index is 9.62. The summed E-state index contributed by atoms with van der Waals surface area (Å²) in [5, 5.41) is 19.2. The molecule has 2 saturated heterocycles. The Hall–Kier alpha value is -2.45. The Kier molecular flexibility index (Phi) is 6.64. The van der Waals surface area contributed by atoms with Crippen LogP contribution in [-0.2, 0) is 0 Å². The van der Waals surface area contributed by atoms with E-state index in [-0.39, 0.29) is 0 Å². The van der Waals surface area contributed by atoms with Gasteiger partial charge < -0.3 is 14.7 Å². The number of rotatable bonds is 2. The highest BCUT2D eigenvalue weighted by Gasteiger charge is 2.23. The third kappa shape index (κ3) is 4.51. The van der Waals surface area contributed by atoms with Crippen LogP contribution in [0.3, 0.4) is 0 Å². The summed E-state index contributed by atoms with van der Waals surface area (Å²) in [7, 11) is 3.94. The number of guanidine groups is 1. The molecule has 3 rings (SSSR count). The second-order valence-electron chi connectivity index (χ2n) is 7.53. The van der Waals surface area contributed by atoms with Gasteiger partial charge in [0.2, 0.25) is 5.96 Å². The first-order chi connectivity index (χ1) is 13.5. The van der Waals surface area contributed by atoms with Crippen molar-refractivity contribution in [2.24, 2.45) is 10.9 Å². The molecule has 3 heterocycles. The fourth-order valence-corrected chi connectivity index (χ4v) is 4.42. The van der Waals surface area contributed by atoms with Crippen LogP contribution in [0, 0.1) is 28.6 Å². The van der Waals surface area contributed by atoms with E-state index >= 15 is 0 Å². The standard InChI is InChI=1S/C20H27N7S/c1-15-4-6-27(7-5-15)20(25(2)3)24-18-16(13-21)12-17(14-22)19(23-18)26-8-10-28-11-9-26/h12,15H,4-11H2,1-3H3. The van der Waals surface area contributed by atoms with Gasteiger partial charge in [0.05, 0.1) is 11.1 Å². The van der Waals surface area contributed by atoms with E-state index < -0.39 is 0 Å². The lowest BCUT2D eigenvalue weighted by Gasteiger charge is -2.35. The predicted octanol–water partition coefficient (Wildman–Crippen LogP) is 2.66. The number of hydrogen-bond acceptors (Lipinski definition) is 6. The average molecular weight is 398 g/mol. The number of hydrogen-bond donors (Lipinski definition) is 0. The van der Waals surface area contributed by atoms with Crippen LogP contribution in [0.4, 0.5) is 11.6 Å².